The molecule has 2 aromatic carbocycles. The molecule has 0 radical (unpaired) electrons. The van der Waals surface area contributed by atoms with E-state index in [0.717, 1.165) is 0 Å². The van der Waals surface area contributed by atoms with E-state index in [9.17, 15) is 14.7 Å². The normalized spacial score (nSPS) is 16.2. The number of phenols is 1. The number of anilines is 1. The van der Waals surface area contributed by atoms with E-state index in [-0.39, 0.29) is 17.4 Å². The molecule has 1 heterocycles. The zero-order valence-corrected chi connectivity index (χ0v) is 16.1. The molecule has 0 fully saturated rings. The summed E-state index contributed by atoms with van der Waals surface area (Å²) in [7, 11) is 0. The van der Waals surface area contributed by atoms with Crippen molar-refractivity contribution < 1.29 is 19.4 Å². The van der Waals surface area contributed by atoms with Gasteiger partial charge in [0.05, 0.1) is 18.2 Å². The Morgan fingerprint density at radius 3 is 2.64 bits per heavy atom. The Morgan fingerprint density at radius 1 is 1.25 bits per heavy atom. The summed E-state index contributed by atoms with van der Waals surface area (Å²) in [5.74, 6) is -0.107. The number of hydrogen-bond donors (Lipinski definition) is 4. The molecule has 1 aliphatic heterocycles. The van der Waals surface area contributed by atoms with Crippen LogP contribution in [0, 0.1) is 0 Å². The molecule has 1 atom stereocenters. The molecule has 7 nitrogen and oxygen atoms in total. The second-order valence-electron chi connectivity index (χ2n) is 6.19. The first kappa shape index (κ1) is 19.6. The number of carbonyl (C=O) groups excluding carboxylic acids is 2. The molecule has 3 amide bonds. The fraction of sp³-hybridized carbons (Fsp3) is 0.200. The first-order valence-electron chi connectivity index (χ1n) is 8.70. The van der Waals surface area contributed by atoms with Gasteiger partial charge in [0.15, 0.2) is 11.5 Å². The highest BCUT2D eigenvalue weighted by Gasteiger charge is 2.31. The van der Waals surface area contributed by atoms with E-state index in [1.54, 1.807) is 50.2 Å². The lowest BCUT2D eigenvalue weighted by molar-refractivity contribution is -0.113. The van der Waals surface area contributed by atoms with Crippen LogP contribution in [0.25, 0.3) is 0 Å². The smallest absolute Gasteiger partial charge is 0.319 e. The largest absolute Gasteiger partial charge is 0.504 e. The lowest BCUT2D eigenvalue weighted by atomic mass is 9.94. The van der Waals surface area contributed by atoms with Crippen molar-refractivity contribution in [3.8, 4) is 11.5 Å². The van der Waals surface area contributed by atoms with Gasteiger partial charge < -0.3 is 25.8 Å². The molecule has 0 aromatic heterocycles. The van der Waals surface area contributed by atoms with Gasteiger partial charge in [0.25, 0.3) is 5.91 Å². The quantitative estimate of drug-likeness (QED) is 0.613. The number of hydrogen-bond acceptors (Lipinski definition) is 4. The van der Waals surface area contributed by atoms with Crippen LogP contribution in [0.3, 0.4) is 0 Å². The number of allylic oxidation sites excluding steroid dienone is 1. The molecule has 0 saturated carbocycles. The van der Waals surface area contributed by atoms with E-state index >= 15 is 0 Å². The summed E-state index contributed by atoms with van der Waals surface area (Å²) in [6.45, 7) is 3.83. The van der Waals surface area contributed by atoms with Gasteiger partial charge in [0.2, 0.25) is 0 Å². The van der Waals surface area contributed by atoms with Crippen molar-refractivity contribution in [1.29, 1.82) is 0 Å². The summed E-state index contributed by atoms with van der Waals surface area (Å²) in [6, 6.07) is 10.3. The molecule has 0 saturated heterocycles. The van der Waals surface area contributed by atoms with Crippen molar-refractivity contribution >= 4 is 29.2 Å². The van der Waals surface area contributed by atoms with Crippen molar-refractivity contribution in [2.24, 2.45) is 0 Å². The molecule has 28 heavy (non-hydrogen) atoms. The molecular formula is C20H20ClN3O4. The number of urea groups is 1. The number of ether oxygens (including phenoxy) is 1. The standard InChI is InChI=1S/C20H20ClN3O4/c1-3-28-16-10-12(4-9-15(16)25)18-17(11(2)22-20(27)24-18)19(26)23-14-7-5-13(21)6-8-14/h4-10,18,25H,3H2,1-2H3,(H,23,26)(H2,22,24,27)/t18-/m1/s1. The third kappa shape index (κ3) is 4.20. The zero-order valence-electron chi connectivity index (χ0n) is 15.4. The van der Waals surface area contributed by atoms with Gasteiger partial charge in [0, 0.05) is 16.4 Å². The van der Waals surface area contributed by atoms with Crippen molar-refractivity contribution in [2.75, 3.05) is 11.9 Å². The van der Waals surface area contributed by atoms with E-state index in [1.165, 1.54) is 6.07 Å². The fourth-order valence-electron chi connectivity index (χ4n) is 2.96. The van der Waals surface area contributed by atoms with Crippen molar-refractivity contribution in [2.45, 2.75) is 19.9 Å². The van der Waals surface area contributed by atoms with E-state index in [2.05, 4.69) is 16.0 Å². The minimum Gasteiger partial charge on any atom is -0.504 e. The van der Waals surface area contributed by atoms with Crippen LogP contribution < -0.4 is 20.7 Å². The Balaban J connectivity index is 1.95. The lowest BCUT2D eigenvalue weighted by Crippen LogP contribution is -2.45. The first-order chi connectivity index (χ1) is 13.4. The molecule has 3 rings (SSSR count). The van der Waals surface area contributed by atoms with Crippen LogP contribution in [0.1, 0.15) is 25.5 Å². The van der Waals surface area contributed by atoms with E-state index < -0.39 is 12.1 Å². The van der Waals surface area contributed by atoms with Crippen LogP contribution in [0.4, 0.5) is 10.5 Å². The Morgan fingerprint density at radius 2 is 1.96 bits per heavy atom. The van der Waals surface area contributed by atoms with Gasteiger partial charge in [-0.25, -0.2) is 4.79 Å². The van der Waals surface area contributed by atoms with Crippen molar-refractivity contribution in [3.05, 3.63) is 64.3 Å². The maximum atomic E-state index is 13.0. The van der Waals surface area contributed by atoms with Gasteiger partial charge in [-0.2, -0.15) is 0 Å². The monoisotopic (exact) mass is 401 g/mol. The maximum Gasteiger partial charge on any atom is 0.319 e. The maximum absolute atomic E-state index is 13.0. The average Bonchev–Trinajstić information content (AvgIpc) is 2.65. The SMILES string of the molecule is CCOc1cc([C@H]2NC(=O)NC(C)=C2C(=O)Nc2ccc(Cl)cc2)ccc1O. The fourth-order valence-corrected chi connectivity index (χ4v) is 3.08. The highest BCUT2D eigenvalue weighted by Crippen LogP contribution is 2.34. The minimum absolute atomic E-state index is 0.0151. The molecule has 0 spiro atoms. The summed E-state index contributed by atoms with van der Waals surface area (Å²) in [6.07, 6.45) is 0. The van der Waals surface area contributed by atoms with E-state index in [1.807, 2.05) is 0 Å². The van der Waals surface area contributed by atoms with Crippen molar-refractivity contribution in [1.82, 2.24) is 10.6 Å². The average molecular weight is 402 g/mol. The van der Waals surface area contributed by atoms with Crippen LogP contribution in [-0.2, 0) is 4.79 Å². The van der Waals surface area contributed by atoms with Crippen LogP contribution in [0.5, 0.6) is 11.5 Å². The van der Waals surface area contributed by atoms with Gasteiger partial charge in [-0.15, -0.1) is 0 Å². The summed E-state index contributed by atoms with van der Waals surface area (Å²) in [5, 5.41) is 18.7. The molecule has 4 N–H and O–H groups in total. The number of phenolic OH excluding ortho intramolecular Hbond substituents is 1. The third-order valence-corrected chi connectivity index (χ3v) is 4.48. The number of nitrogens with one attached hydrogen (secondary N) is 3. The molecule has 0 aliphatic carbocycles. The summed E-state index contributed by atoms with van der Waals surface area (Å²) >= 11 is 5.88. The Bertz CT molecular complexity index is 941. The van der Waals surface area contributed by atoms with E-state index in [0.29, 0.717) is 34.2 Å². The van der Waals surface area contributed by atoms with Gasteiger partial charge >= 0.3 is 6.03 Å². The second-order valence-corrected chi connectivity index (χ2v) is 6.63. The van der Waals surface area contributed by atoms with E-state index in [4.69, 9.17) is 16.3 Å². The van der Waals surface area contributed by atoms with Crippen LogP contribution in [0.15, 0.2) is 53.7 Å². The third-order valence-electron chi connectivity index (χ3n) is 4.23. The topological polar surface area (TPSA) is 99.7 Å². The number of carbonyl (C=O) groups is 2. The number of rotatable bonds is 5. The second kappa shape index (κ2) is 8.22. The summed E-state index contributed by atoms with van der Waals surface area (Å²) < 4.78 is 5.42. The zero-order chi connectivity index (χ0) is 20.3. The number of aromatic hydroxyl groups is 1. The summed E-state index contributed by atoms with van der Waals surface area (Å²) in [5.41, 5.74) is 1.97. The molecule has 1 aliphatic rings. The van der Waals surface area contributed by atoms with Gasteiger partial charge in [0.1, 0.15) is 0 Å². The number of amides is 3. The first-order valence-corrected chi connectivity index (χ1v) is 9.07. The van der Waals surface area contributed by atoms with Gasteiger partial charge in [-0.3, -0.25) is 4.79 Å². The highest BCUT2D eigenvalue weighted by molar-refractivity contribution is 6.30. The molecule has 146 valence electrons. The lowest BCUT2D eigenvalue weighted by Gasteiger charge is -2.29. The van der Waals surface area contributed by atoms with Crippen LogP contribution in [0.2, 0.25) is 5.02 Å². The molecule has 8 heteroatoms. The van der Waals surface area contributed by atoms with Crippen molar-refractivity contribution in [3.63, 3.8) is 0 Å². The summed E-state index contributed by atoms with van der Waals surface area (Å²) in [4.78, 5) is 25.0. The molecule has 0 bridgehead atoms. The Labute approximate surface area is 167 Å². The number of benzene rings is 2. The van der Waals surface area contributed by atoms with Crippen LogP contribution in [-0.4, -0.2) is 23.7 Å². The highest BCUT2D eigenvalue weighted by atomic mass is 35.5. The predicted octanol–water partition coefficient (Wildman–Crippen LogP) is 3.71. The van der Waals surface area contributed by atoms with Gasteiger partial charge in [-0.1, -0.05) is 17.7 Å². The molecule has 2 aromatic rings. The number of halogens is 1. The Hall–Kier alpha value is -3.19. The molecule has 0 unspecified atom stereocenters. The van der Waals surface area contributed by atoms with Gasteiger partial charge in [-0.05, 0) is 55.8 Å². The van der Waals surface area contributed by atoms with Crippen LogP contribution >= 0.6 is 11.6 Å². The predicted molar refractivity (Wildman–Crippen MR) is 106 cm³/mol. The minimum atomic E-state index is -0.708. The Kier molecular flexibility index (Phi) is 5.75. The molecular weight excluding hydrogens is 382 g/mol.